The van der Waals surface area contributed by atoms with Gasteiger partial charge in [0.2, 0.25) is 0 Å². The summed E-state index contributed by atoms with van der Waals surface area (Å²) in [6, 6.07) is 7.63. The number of aliphatic hydroxyl groups excluding tert-OH is 1. The summed E-state index contributed by atoms with van der Waals surface area (Å²) >= 11 is 0. The Balaban J connectivity index is 2.84. The van der Waals surface area contributed by atoms with E-state index in [1.807, 2.05) is 24.3 Å². The van der Waals surface area contributed by atoms with E-state index in [9.17, 15) is 5.11 Å². The SMILES string of the molecule is COCCC(O)C(CN)c1ccccc1OC. The van der Waals surface area contributed by atoms with E-state index in [-0.39, 0.29) is 5.92 Å². The first kappa shape index (κ1) is 14.0. The molecule has 0 aliphatic rings. The summed E-state index contributed by atoms with van der Waals surface area (Å²) in [5.41, 5.74) is 6.69. The van der Waals surface area contributed by atoms with Gasteiger partial charge in [0.15, 0.2) is 0 Å². The number of para-hydroxylation sites is 1. The molecule has 96 valence electrons. The highest BCUT2D eigenvalue weighted by Crippen LogP contribution is 2.29. The molecule has 3 N–H and O–H groups in total. The van der Waals surface area contributed by atoms with Crippen molar-refractivity contribution >= 4 is 0 Å². The van der Waals surface area contributed by atoms with Gasteiger partial charge in [-0.05, 0) is 12.5 Å². The van der Waals surface area contributed by atoms with Crippen LogP contribution in [0.15, 0.2) is 24.3 Å². The third kappa shape index (κ3) is 3.70. The van der Waals surface area contributed by atoms with Crippen molar-refractivity contribution < 1.29 is 14.6 Å². The minimum atomic E-state index is -0.517. The molecule has 4 nitrogen and oxygen atoms in total. The van der Waals surface area contributed by atoms with Gasteiger partial charge in [-0.3, -0.25) is 0 Å². The zero-order valence-corrected chi connectivity index (χ0v) is 10.4. The van der Waals surface area contributed by atoms with E-state index in [2.05, 4.69) is 0 Å². The summed E-state index contributed by atoms with van der Waals surface area (Å²) in [6.45, 7) is 0.901. The van der Waals surface area contributed by atoms with Gasteiger partial charge in [0.1, 0.15) is 5.75 Å². The molecule has 1 aromatic rings. The molecular formula is C13H21NO3. The highest BCUT2D eigenvalue weighted by molar-refractivity contribution is 5.37. The number of nitrogens with two attached hydrogens (primary N) is 1. The van der Waals surface area contributed by atoms with Crippen molar-refractivity contribution in [3.05, 3.63) is 29.8 Å². The topological polar surface area (TPSA) is 64.7 Å². The van der Waals surface area contributed by atoms with Crippen LogP contribution in [0.1, 0.15) is 17.9 Å². The molecule has 4 heteroatoms. The maximum atomic E-state index is 10.1. The number of benzene rings is 1. The molecule has 0 radical (unpaired) electrons. The maximum absolute atomic E-state index is 10.1. The van der Waals surface area contributed by atoms with Crippen molar-refractivity contribution in [3.63, 3.8) is 0 Å². The maximum Gasteiger partial charge on any atom is 0.122 e. The van der Waals surface area contributed by atoms with Crippen LogP contribution in [0.25, 0.3) is 0 Å². The lowest BCUT2D eigenvalue weighted by Gasteiger charge is -2.23. The lowest BCUT2D eigenvalue weighted by atomic mass is 9.91. The number of hydrogen-bond acceptors (Lipinski definition) is 4. The Hall–Kier alpha value is -1.10. The van der Waals surface area contributed by atoms with E-state index in [0.29, 0.717) is 19.6 Å². The Morgan fingerprint density at radius 3 is 2.59 bits per heavy atom. The van der Waals surface area contributed by atoms with Crippen molar-refractivity contribution in [3.8, 4) is 5.75 Å². The van der Waals surface area contributed by atoms with E-state index in [1.165, 1.54) is 0 Å². The van der Waals surface area contributed by atoms with E-state index in [0.717, 1.165) is 11.3 Å². The fourth-order valence-corrected chi connectivity index (χ4v) is 1.90. The fraction of sp³-hybridized carbons (Fsp3) is 0.538. The van der Waals surface area contributed by atoms with Crippen LogP contribution in [0.2, 0.25) is 0 Å². The predicted octanol–water partition coefficient (Wildman–Crippen LogP) is 1.13. The van der Waals surface area contributed by atoms with Crippen LogP contribution in [0, 0.1) is 0 Å². The van der Waals surface area contributed by atoms with Gasteiger partial charge in [-0.2, -0.15) is 0 Å². The lowest BCUT2D eigenvalue weighted by Crippen LogP contribution is -2.27. The van der Waals surface area contributed by atoms with Crippen LogP contribution in [0.3, 0.4) is 0 Å². The predicted molar refractivity (Wildman–Crippen MR) is 67.3 cm³/mol. The Bertz CT molecular complexity index is 330. The molecule has 17 heavy (non-hydrogen) atoms. The Morgan fingerprint density at radius 1 is 1.29 bits per heavy atom. The summed E-state index contributed by atoms with van der Waals surface area (Å²) in [7, 11) is 3.24. The van der Waals surface area contributed by atoms with Gasteiger partial charge in [-0.25, -0.2) is 0 Å². The Kier molecular flexibility index (Phi) is 5.97. The van der Waals surface area contributed by atoms with Gasteiger partial charge in [-0.1, -0.05) is 18.2 Å². The molecule has 0 saturated heterocycles. The highest BCUT2D eigenvalue weighted by Gasteiger charge is 2.22. The van der Waals surface area contributed by atoms with E-state index in [4.69, 9.17) is 15.2 Å². The summed E-state index contributed by atoms with van der Waals surface area (Å²) in [5.74, 6) is 0.640. The van der Waals surface area contributed by atoms with E-state index >= 15 is 0 Å². The van der Waals surface area contributed by atoms with Crippen molar-refractivity contribution in [2.75, 3.05) is 27.4 Å². The van der Waals surface area contributed by atoms with Crippen molar-refractivity contribution in [2.24, 2.45) is 5.73 Å². The molecule has 1 aromatic carbocycles. The second-order valence-electron chi connectivity index (χ2n) is 3.93. The van der Waals surface area contributed by atoms with Gasteiger partial charge in [-0.15, -0.1) is 0 Å². The van der Waals surface area contributed by atoms with Gasteiger partial charge in [0.05, 0.1) is 13.2 Å². The second kappa shape index (κ2) is 7.27. The summed E-state index contributed by atoms with van der Waals surface area (Å²) < 4.78 is 10.3. The number of aliphatic hydroxyl groups is 1. The third-order valence-electron chi connectivity index (χ3n) is 2.87. The molecule has 2 atom stereocenters. The second-order valence-corrected chi connectivity index (χ2v) is 3.93. The number of hydrogen-bond donors (Lipinski definition) is 2. The number of methoxy groups -OCH3 is 2. The molecule has 0 aliphatic heterocycles. The number of rotatable bonds is 7. The molecular weight excluding hydrogens is 218 g/mol. The van der Waals surface area contributed by atoms with Gasteiger partial charge in [0.25, 0.3) is 0 Å². The minimum absolute atomic E-state index is 0.124. The first-order chi connectivity index (χ1) is 8.24. The molecule has 0 aliphatic carbocycles. The van der Waals surface area contributed by atoms with Gasteiger partial charge in [0, 0.05) is 31.7 Å². The summed E-state index contributed by atoms with van der Waals surface area (Å²) in [5, 5.41) is 10.1. The van der Waals surface area contributed by atoms with Crippen LogP contribution in [0.4, 0.5) is 0 Å². The van der Waals surface area contributed by atoms with Crippen LogP contribution in [-0.2, 0) is 4.74 Å². The zero-order chi connectivity index (χ0) is 12.7. The highest BCUT2D eigenvalue weighted by atomic mass is 16.5. The average molecular weight is 239 g/mol. The molecule has 0 amide bonds. The van der Waals surface area contributed by atoms with Gasteiger partial charge < -0.3 is 20.3 Å². The van der Waals surface area contributed by atoms with Crippen LogP contribution in [-0.4, -0.2) is 38.6 Å². The monoisotopic (exact) mass is 239 g/mol. The zero-order valence-electron chi connectivity index (χ0n) is 10.4. The van der Waals surface area contributed by atoms with Gasteiger partial charge >= 0.3 is 0 Å². The number of ether oxygens (including phenoxy) is 2. The average Bonchev–Trinajstić information content (AvgIpc) is 2.37. The van der Waals surface area contributed by atoms with Crippen molar-refractivity contribution in [1.82, 2.24) is 0 Å². The van der Waals surface area contributed by atoms with Crippen molar-refractivity contribution in [2.45, 2.75) is 18.4 Å². The van der Waals surface area contributed by atoms with E-state index in [1.54, 1.807) is 14.2 Å². The van der Waals surface area contributed by atoms with Crippen LogP contribution >= 0.6 is 0 Å². The van der Waals surface area contributed by atoms with Crippen LogP contribution < -0.4 is 10.5 Å². The quantitative estimate of drug-likeness (QED) is 0.748. The largest absolute Gasteiger partial charge is 0.496 e. The van der Waals surface area contributed by atoms with Crippen LogP contribution in [0.5, 0.6) is 5.75 Å². The molecule has 0 heterocycles. The van der Waals surface area contributed by atoms with E-state index < -0.39 is 6.10 Å². The molecule has 2 unspecified atom stereocenters. The molecule has 0 spiro atoms. The summed E-state index contributed by atoms with van der Waals surface area (Å²) in [6.07, 6.45) is 0.0485. The summed E-state index contributed by atoms with van der Waals surface area (Å²) in [4.78, 5) is 0. The lowest BCUT2D eigenvalue weighted by molar-refractivity contribution is 0.0913. The minimum Gasteiger partial charge on any atom is -0.496 e. The molecule has 0 fully saturated rings. The Labute approximate surface area is 102 Å². The van der Waals surface area contributed by atoms with Crippen molar-refractivity contribution in [1.29, 1.82) is 0 Å². The smallest absolute Gasteiger partial charge is 0.122 e. The molecule has 1 rings (SSSR count). The first-order valence-corrected chi connectivity index (χ1v) is 5.74. The molecule has 0 bridgehead atoms. The standard InChI is InChI=1S/C13H21NO3/c1-16-8-7-12(15)11(9-14)10-5-3-4-6-13(10)17-2/h3-6,11-12,15H,7-9,14H2,1-2H3. The third-order valence-corrected chi connectivity index (χ3v) is 2.87. The first-order valence-electron chi connectivity index (χ1n) is 5.74. The molecule has 0 aromatic heterocycles. The molecule has 0 saturated carbocycles. The normalized spacial score (nSPS) is 14.4. The Morgan fingerprint density at radius 2 is 2.00 bits per heavy atom. The fourth-order valence-electron chi connectivity index (χ4n) is 1.90.